The molecule has 0 saturated carbocycles. The molecule has 0 bridgehead atoms. The van der Waals surface area contributed by atoms with Gasteiger partial charge in [-0.05, 0) is 38.2 Å². The van der Waals surface area contributed by atoms with Crippen molar-refractivity contribution >= 4 is 11.6 Å². The highest BCUT2D eigenvalue weighted by Gasteiger charge is 2.21. The maximum atomic E-state index is 5.89. The van der Waals surface area contributed by atoms with Crippen LogP contribution in [0, 0.1) is 0 Å². The molecule has 1 aromatic carbocycles. The first-order chi connectivity index (χ1) is 8.72. The van der Waals surface area contributed by atoms with Crippen molar-refractivity contribution in [1.29, 1.82) is 0 Å². The molecule has 3 rings (SSSR count). The van der Waals surface area contributed by atoms with Gasteiger partial charge in [0, 0.05) is 23.3 Å². The van der Waals surface area contributed by atoms with Crippen LogP contribution in [0.25, 0.3) is 11.3 Å². The normalized spacial score (nSPS) is 20.4. The van der Waals surface area contributed by atoms with Gasteiger partial charge in [-0.1, -0.05) is 23.7 Å². The molecule has 1 saturated heterocycles. The fraction of sp³-hybridized carbons (Fsp3) is 0.357. The van der Waals surface area contributed by atoms with Gasteiger partial charge in [-0.25, -0.2) is 0 Å². The third-order valence-electron chi connectivity index (χ3n) is 3.49. The van der Waals surface area contributed by atoms with Gasteiger partial charge >= 0.3 is 0 Å². The molecule has 1 aromatic heterocycles. The van der Waals surface area contributed by atoms with Crippen molar-refractivity contribution in [2.75, 3.05) is 20.1 Å². The van der Waals surface area contributed by atoms with E-state index in [9.17, 15) is 0 Å². The van der Waals surface area contributed by atoms with Crippen molar-refractivity contribution in [1.82, 2.24) is 14.7 Å². The number of hydrogen-bond donors (Lipinski definition) is 0. The van der Waals surface area contributed by atoms with Gasteiger partial charge in [-0.2, -0.15) is 5.10 Å². The van der Waals surface area contributed by atoms with E-state index in [-0.39, 0.29) is 0 Å². The highest BCUT2D eigenvalue weighted by atomic mass is 35.5. The molecule has 0 N–H and O–H groups in total. The highest BCUT2D eigenvalue weighted by molar-refractivity contribution is 6.30. The van der Waals surface area contributed by atoms with Gasteiger partial charge in [0.05, 0.1) is 11.7 Å². The maximum absolute atomic E-state index is 5.89. The van der Waals surface area contributed by atoms with Crippen LogP contribution < -0.4 is 0 Å². The second-order valence-electron chi connectivity index (χ2n) is 4.89. The topological polar surface area (TPSA) is 21.1 Å². The number of benzene rings is 1. The minimum Gasteiger partial charge on any atom is -0.304 e. The molecule has 3 nitrogen and oxygen atoms in total. The maximum Gasteiger partial charge on any atom is 0.0923 e. The number of hydrogen-bond acceptors (Lipinski definition) is 2. The van der Waals surface area contributed by atoms with Crippen LogP contribution >= 0.6 is 11.6 Å². The molecule has 4 heteroatoms. The number of likely N-dealkylation sites (tertiary alicyclic amines) is 1. The zero-order chi connectivity index (χ0) is 12.5. The van der Waals surface area contributed by atoms with Crippen LogP contribution in [0.5, 0.6) is 0 Å². The Hall–Kier alpha value is -1.32. The first kappa shape index (κ1) is 11.8. The summed E-state index contributed by atoms with van der Waals surface area (Å²) in [6, 6.07) is 10.4. The molecule has 1 atom stereocenters. The first-order valence-corrected chi connectivity index (χ1v) is 6.60. The Morgan fingerprint density at radius 2 is 2.00 bits per heavy atom. The summed E-state index contributed by atoms with van der Waals surface area (Å²) in [7, 11) is 2.16. The predicted molar refractivity (Wildman–Crippen MR) is 73.8 cm³/mol. The van der Waals surface area contributed by atoms with E-state index >= 15 is 0 Å². The lowest BCUT2D eigenvalue weighted by Gasteiger charge is -2.10. The van der Waals surface area contributed by atoms with Gasteiger partial charge in [0.2, 0.25) is 0 Å². The van der Waals surface area contributed by atoms with Gasteiger partial charge in [-0.3, -0.25) is 4.68 Å². The summed E-state index contributed by atoms with van der Waals surface area (Å²) in [5, 5.41) is 5.43. The molecule has 1 aliphatic rings. The average Bonchev–Trinajstić information content (AvgIpc) is 2.98. The van der Waals surface area contributed by atoms with Crippen LogP contribution in [0.15, 0.2) is 36.5 Å². The van der Waals surface area contributed by atoms with Crippen LogP contribution in [0.2, 0.25) is 5.02 Å². The predicted octanol–water partition coefficient (Wildman–Crippen LogP) is 3.08. The van der Waals surface area contributed by atoms with E-state index in [2.05, 4.69) is 34.0 Å². The van der Waals surface area contributed by atoms with Gasteiger partial charge in [0.15, 0.2) is 0 Å². The van der Waals surface area contributed by atoms with E-state index in [0.717, 1.165) is 29.4 Å². The summed E-state index contributed by atoms with van der Waals surface area (Å²) in [6.45, 7) is 2.24. The smallest absolute Gasteiger partial charge is 0.0923 e. The summed E-state index contributed by atoms with van der Waals surface area (Å²) in [4.78, 5) is 2.34. The lowest BCUT2D eigenvalue weighted by molar-refractivity contribution is 0.382. The second-order valence-corrected chi connectivity index (χ2v) is 5.33. The summed E-state index contributed by atoms with van der Waals surface area (Å²) in [5.41, 5.74) is 2.13. The number of nitrogens with zero attached hydrogens (tertiary/aromatic N) is 3. The number of rotatable bonds is 2. The van der Waals surface area contributed by atoms with Gasteiger partial charge in [0.25, 0.3) is 0 Å². The molecule has 2 aromatic rings. The van der Waals surface area contributed by atoms with Gasteiger partial charge < -0.3 is 4.90 Å². The first-order valence-electron chi connectivity index (χ1n) is 6.22. The third-order valence-corrected chi connectivity index (χ3v) is 3.74. The molecular weight excluding hydrogens is 246 g/mol. The molecule has 1 fully saturated rings. The molecule has 1 unspecified atom stereocenters. The SMILES string of the molecule is CN1CCC(n2ccc(-c3ccc(Cl)cc3)n2)C1. The van der Waals surface area contributed by atoms with Crippen molar-refractivity contribution in [2.45, 2.75) is 12.5 Å². The third kappa shape index (κ3) is 2.28. The minimum atomic E-state index is 0.510. The molecule has 0 aliphatic carbocycles. The van der Waals surface area contributed by atoms with Crippen molar-refractivity contribution in [2.24, 2.45) is 0 Å². The molecule has 0 spiro atoms. The van der Waals surface area contributed by atoms with Crippen LogP contribution in [-0.2, 0) is 0 Å². The van der Waals surface area contributed by atoms with Crippen LogP contribution in [0.3, 0.4) is 0 Å². The Kier molecular flexibility index (Phi) is 3.10. The summed E-state index contributed by atoms with van der Waals surface area (Å²) >= 11 is 5.89. The molecule has 18 heavy (non-hydrogen) atoms. The minimum absolute atomic E-state index is 0.510. The van der Waals surface area contributed by atoms with E-state index in [0.29, 0.717) is 6.04 Å². The summed E-state index contributed by atoms with van der Waals surface area (Å²) < 4.78 is 2.09. The zero-order valence-corrected chi connectivity index (χ0v) is 11.1. The fourth-order valence-corrected chi connectivity index (χ4v) is 2.57. The van der Waals surface area contributed by atoms with E-state index < -0.39 is 0 Å². The molecule has 0 radical (unpaired) electrons. The largest absolute Gasteiger partial charge is 0.304 e. The Morgan fingerprint density at radius 1 is 1.22 bits per heavy atom. The summed E-state index contributed by atoms with van der Waals surface area (Å²) in [5.74, 6) is 0. The van der Waals surface area contributed by atoms with E-state index in [1.54, 1.807) is 0 Å². The van der Waals surface area contributed by atoms with Crippen molar-refractivity contribution in [3.63, 3.8) is 0 Å². The number of likely N-dealkylation sites (N-methyl/N-ethyl adjacent to an activating group) is 1. The highest BCUT2D eigenvalue weighted by Crippen LogP contribution is 2.23. The van der Waals surface area contributed by atoms with Crippen molar-refractivity contribution < 1.29 is 0 Å². The van der Waals surface area contributed by atoms with E-state index in [1.165, 1.54) is 6.42 Å². The standard InChI is InChI=1S/C14H16ClN3/c1-17-8-6-13(10-17)18-9-7-14(16-18)11-2-4-12(15)5-3-11/h2-5,7,9,13H,6,8,10H2,1H3. The lowest BCUT2D eigenvalue weighted by Crippen LogP contribution is -2.16. The van der Waals surface area contributed by atoms with Crippen LogP contribution in [0.1, 0.15) is 12.5 Å². The zero-order valence-electron chi connectivity index (χ0n) is 10.4. The Bertz CT molecular complexity index is 532. The monoisotopic (exact) mass is 261 g/mol. The fourth-order valence-electron chi connectivity index (χ4n) is 2.44. The van der Waals surface area contributed by atoms with Crippen LogP contribution in [-0.4, -0.2) is 34.8 Å². The number of aromatic nitrogens is 2. The second kappa shape index (κ2) is 4.75. The molecule has 0 amide bonds. The molecule has 2 heterocycles. The average molecular weight is 262 g/mol. The van der Waals surface area contributed by atoms with Gasteiger partial charge in [-0.15, -0.1) is 0 Å². The molecule has 1 aliphatic heterocycles. The quantitative estimate of drug-likeness (QED) is 0.828. The van der Waals surface area contributed by atoms with Gasteiger partial charge in [0.1, 0.15) is 0 Å². The van der Waals surface area contributed by atoms with Crippen molar-refractivity contribution in [3.8, 4) is 11.3 Å². The van der Waals surface area contributed by atoms with Crippen molar-refractivity contribution in [3.05, 3.63) is 41.6 Å². The van der Waals surface area contributed by atoms with E-state index in [1.807, 2.05) is 24.3 Å². The molecular formula is C14H16ClN3. The number of halogens is 1. The van der Waals surface area contributed by atoms with E-state index in [4.69, 9.17) is 11.6 Å². The Labute approximate surface area is 112 Å². The Balaban J connectivity index is 1.83. The Morgan fingerprint density at radius 3 is 2.67 bits per heavy atom. The lowest BCUT2D eigenvalue weighted by atomic mass is 10.2. The summed E-state index contributed by atoms with van der Waals surface area (Å²) in [6.07, 6.45) is 3.26. The van der Waals surface area contributed by atoms with Crippen LogP contribution in [0.4, 0.5) is 0 Å². The molecule has 94 valence electrons.